The van der Waals surface area contributed by atoms with Crippen LogP contribution in [0.4, 0.5) is 4.79 Å². The molecule has 0 spiro atoms. The normalized spacial score (nSPS) is 15.8. The van der Waals surface area contributed by atoms with Crippen LogP contribution in [-0.4, -0.2) is 33.3 Å². The molecule has 2 N–H and O–H groups in total. The van der Waals surface area contributed by atoms with Gasteiger partial charge in [-0.25, -0.2) is 4.79 Å². The molecule has 1 unspecified atom stereocenters. The fraction of sp³-hybridized carbons (Fsp3) is 0.148. The van der Waals surface area contributed by atoms with Crippen LogP contribution in [0.3, 0.4) is 0 Å². The Morgan fingerprint density at radius 2 is 1.77 bits per heavy atom. The van der Waals surface area contributed by atoms with Crippen molar-refractivity contribution in [3.05, 3.63) is 102 Å². The van der Waals surface area contributed by atoms with E-state index in [2.05, 4.69) is 15.5 Å². The van der Waals surface area contributed by atoms with E-state index < -0.39 is 6.04 Å². The number of aromatic nitrogens is 2. The van der Waals surface area contributed by atoms with Gasteiger partial charge in [0.1, 0.15) is 0 Å². The van der Waals surface area contributed by atoms with E-state index in [0.29, 0.717) is 40.8 Å². The molecule has 2 heterocycles. The van der Waals surface area contributed by atoms with Crippen molar-refractivity contribution in [3.63, 3.8) is 0 Å². The van der Waals surface area contributed by atoms with E-state index in [0.717, 1.165) is 11.1 Å². The lowest BCUT2D eigenvalue weighted by Crippen LogP contribution is -2.45. The molecule has 0 fully saturated rings. The Kier molecular flexibility index (Phi) is 5.93. The second-order valence-corrected chi connectivity index (χ2v) is 8.17. The van der Waals surface area contributed by atoms with Crippen LogP contribution in [0.25, 0.3) is 17.0 Å². The van der Waals surface area contributed by atoms with E-state index in [1.165, 1.54) is 7.11 Å². The summed E-state index contributed by atoms with van der Waals surface area (Å²) in [7, 11) is 1.48. The number of carbonyl (C=O) groups is 1. The van der Waals surface area contributed by atoms with Gasteiger partial charge in [-0.1, -0.05) is 71.9 Å². The number of rotatable bonds is 6. The molecule has 1 atom stereocenters. The van der Waals surface area contributed by atoms with Crippen LogP contribution in [0, 0.1) is 0 Å². The molecule has 0 bridgehead atoms. The first-order valence-corrected chi connectivity index (χ1v) is 11.1. The summed E-state index contributed by atoms with van der Waals surface area (Å²) in [5.41, 5.74) is 3.79. The van der Waals surface area contributed by atoms with E-state index in [1.807, 2.05) is 67.6 Å². The summed E-state index contributed by atoms with van der Waals surface area (Å²) in [5.74, 6) is 1.05. The van der Waals surface area contributed by atoms with Gasteiger partial charge in [0.05, 0.1) is 25.3 Å². The van der Waals surface area contributed by atoms with Gasteiger partial charge >= 0.3 is 6.03 Å². The number of nitrogens with one attached hydrogen (secondary N) is 1. The Labute approximate surface area is 202 Å². The highest BCUT2D eigenvalue weighted by Crippen LogP contribution is 2.40. The molecule has 176 valence electrons. The lowest BCUT2D eigenvalue weighted by molar-refractivity contribution is 0.203. The molecule has 1 aliphatic rings. The number of aromatic hydroxyl groups is 1. The number of benzene rings is 3. The minimum Gasteiger partial charge on any atom is -0.504 e. The van der Waals surface area contributed by atoms with Crippen LogP contribution in [0.15, 0.2) is 89.1 Å². The Hall–Kier alpha value is -4.59. The molecule has 35 heavy (non-hydrogen) atoms. The van der Waals surface area contributed by atoms with Crippen molar-refractivity contribution in [1.82, 2.24) is 20.4 Å². The van der Waals surface area contributed by atoms with Gasteiger partial charge in [0.25, 0.3) is 5.89 Å². The second kappa shape index (κ2) is 9.34. The molecule has 8 heteroatoms. The first-order valence-electron chi connectivity index (χ1n) is 11.1. The third kappa shape index (κ3) is 4.33. The molecule has 0 saturated heterocycles. The number of phenolic OH excluding ortho intramolecular Hbond substituents is 1. The highest BCUT2D eigenvalue weighted by molar-refractivity contribution is 5.87. The molecule has 0 saturated carbocycles. The number of amides is 2. The van der Waals surface area contributed by atoms with Crippen molar-refractivity contribution in [3.8, 4) is 22.9 Å². The largest absolute Gasteiger partial charge is 0.504 e. The van der Waals surface area contributed by atoms with E-state index in [4.69, 9.17) is 9.26 Å². The second-order valence-electron chi connectivity index (χ2n) is 8.17. The summed E-state index contributed by atoms with van der Waals surface area (Å²) in [4.78, 5) is 19.5. The molecule has 1 aliphatic heterocycles. The van der Waals surface area contributed by atoms with Gasteiger partial charge in [0.2, 0.25) is 5.82 Å². The zero-order valence-electron chi connectivity index (χ0n) is 19.3. The zero-order valence-corrected chi connectivity index (χ0v) is 19.3. The van der Waals surface area contributed by atoms with Crippen LogP contribution >= 0.6 is 0 Å². The predicted molar refractivity (Wildman–Crippen MR) is 130 cm³/mol. The van der Waals surface area contributed by atoms with Crippen molar-refractivity contribution in [2.24, 2.45) is 0 Å². The van der Waals surface area contributed by atoms with Crippen molar-refractivity contribution in [2.45, 2.75) is 19.5 Å². The number of hydrogen-bond donors (Lipinski definition) is 2. The van der Waals surface area contributed by atoms with Crippen molar-refractivity contribution < 1.29 is 19.2 Å². The van der Waals surface area contributed by atoms with Crippen molar-refractivity contribution in [2.75, 3.05) is 7.11 Å². The molecule has 3 aromatic carbocycles. The van der Waals surface area contributed by atoms with Crippen LogP contribution in [-0.2, 0) is 6.54 Å². The third-order valence-corrected chi connectivity index (χ3v) is 6.00. The van der Waals surface area contributed by atoms with E-state index >= 15 is 0 Å². The molecule has 4 aromatic rings. The Bertz CT molecular complexity index is 1380. The van der Waals surface area contributed by atoms with E-state index in [1.54, 1.807) is 23.1 Å². The van der Waals surface area contributed by atoms with Gasteiger partial charge < -0.3 is 19.7 Å². The fourth-order valence-corrected chi connectivity index (χ4v) is 4.19. The van der Waals surface area contributed by atoms with Crippen molar-refractivity contribution in [1.29, 1.82) is 0 Å². The topological polar surface area (TPSA) is 101 Å². The van der Waals surface area contributed by atoms with Gasteiger partial charge in [-0.3, -0.25) is 4.90 Å². The first kappa shape index (κ1) is 22.2. The smallest absolute Gasteiger partial charge is 0.322 e. The maximum atomic E-state index is 13.2. The standard InChI is InChI=1S/C27H24N4O4/c1-17-23(26-29-25(30-35-26)19-11-7-4-8-12-19)24(20-13-14-22(34-2)21(32)15-20)28-27(33)31(17)16-18-9-5-3-6-10-18/h3-15,24,32H,16H2,1-2H3,(H,28,33). The van der Waals surface area contributed by atoms with E-state index in [9.17, 15) is 9.90 Å². The molecule has 2 amide bonds. The summed E-state index contributed by atoms with van der Waals surface area (Å²) >= 11 is 0. The minimum absolute atomic E-state index is 0.0292. The highest BCUT2D eigenvalue weighted by Gasteiger charge is 2.36. The average molecular weight is 469 g/mol. The SMILES string of the molecule is COc1ccc(C2NC(=O)N(Cc3ccccc3)C(C)=C2c2nc(-c3ccccc3)no2)cc1O. The number of carbonyl (C=O) groups excluding carboxylic acids is 1. The number of ether oxygens (including phenoxy) is 1. The summed E-state index contributed by atoms with van der Waals surface area (Å²) in [6.45, 7) is 2.24. The fourth-order valence-electron chi connectivity index (χ4n) is 4.19. The van der Waals surface area contributed by atoms with E-state index in [-0.39, 0.29) is 11.8 Å². The average Bonchev–Trinajstić information content (AvgIpc) is 3.37. The zero-order chi connectivity index (χ0) is 24.4. The van der Waals surface area contributed by atoms with Gasteiger partial charge in [0, 0.05) is 11.3 Å². The molecule has 0 radical (unpaired) electrons. The lowest BCUT2D eigenvalue weighted by Gasteiger charge is -2.35. The molecule has 0 aliphatic carbocycles. The van der Waals surface area contributed by atoms with Gasteiger partial charge in [0.15, 0.2) is 11.5 Å². The monoisotopic (exact) mass is 468 g/mol. The first-order chi connectivity index (χ1) is 17.0. The summed E-state index contributed by atoms with van der Waals surface area (Å²) < 4.78 is 10.9. The Balaban J connectivity index is 1.61. The third-order valence-electron chi connectivity index (χ3n) is 6.00. The van der Waals surface area contributed by atoms with Gasteiger partial charge in [-0.15, -0.1) is 0 Å². The van der Waals surface area contributed by atoms with Crippen molar-refractivity contribution >= 4 is 11.6 Å². The number of nitrogens with zero attached hydrogens (tertiary/aromatic N) is 3. The summed E-state index contributed by atoms with van der Waals surface area (Å²) in [6, 6.07) is 23.4. The number of urea groups is 1. The maximum Gasteiger partial charge on any atom is 0.322 e. The predicted octanol–water partition coefficient (Wildman–Crippen LogP) is 5.15. The summed E-state index contributed by atoms with van der Waals surface area (Å²) in [5, 5.41) is 17.6. The van der Waals surface area contributed by atoms with Gasteiger partial charge in [-0.05, 0) is 30.2 Å². The number of hydrogen-bond acceptors (Lipinski definition) is 6. The van der Waals surface area contributed by atoms with Gasteiger partial charge in [-0.2, -0.15) is 4.98 Å². The lowest BCUT2D eigenvalue weighted by atomic mass is 9.94. The van der Waals surface area contributed by atoms with Crippen LogP contribution in [0.2, 0.25) is 0 Å². The Morgan fingerprint density at radius 3 is 2.46 bits per heavy atom. The summed E-state index contributed by atoms with van der Waals surface area (Å²) in [6.07, 6.45) is 0. The van der Waals surface area contributed by atoms with Crippen LogP contribution < -0.4 is 10.1 Å². The van der Waals surface area contributed by atoms with Crippen LogP contribution in [0.5, 0.6) is 11.5 Å². The number of allylic oxidation sites excluding steroid dienone is 1. The number of phenols is 1. The molecule has 1 aromatic heterocycles. The molecular formula is C27H24N4O4. The minimum atomic E-state index is -0.615. The quantitative estimate of drug-likeness (QED) is 0.406. The molecular weight excluding hydrogens is 444 g/mol. The Morgan fingerprint density at radius 1 is 1.06 bits per heavy atom. The molecule has 8 nitrogen and oxygen atoms in total. The molecule has 5 rings (SSSR count). The highest BCUT2D eigenvalue weighted by atomic mass is 16.5. The van der Waals surface area contributed by atoms with Crippen LogP contribution in [0.1, 0.15) is 30.0 Å². The number of methoxy groups -OCH3 is 1. The maximum absolute atomic E-state index is 13.2.